The lowest BCUT2D eigenvalue weighted by Gasteiger charge is -2.17. The van der Waals surface area contributed by atoms with Gasteiger partial charge < -0.3 is 13.9 Å². The summed E-state index contributed by atoms with van der Waals surface area (Å²) in [4.78, 5) is 8.44. The predicted octanol–water partition coefficient (Wildman–Crippen LogP) is 1.25. The molecular formula is C13H14N4O2S. The topological polar surface area (TPSA) is 86.8 Å². The van der Waals surface area contributed by atoms with Gasteiger partial charge in [-0.05, 0) is 6.07 Å². The van der Waals surface area contributed by atoms with Gasteiger partial charge in [0.05, 0.1) is 19.3 Å². The molecule has 7 heteroatoms. The summed E-state index contributed by atoms with van der Waals surface area (Å²) in [5.74, 6) is 0.309. The molecule has 0 spiro atoms. The van der Waals surface area contributed by atoms with E-state index in [1.54, 1.807) is 18.5 Å². The molecule has 3 rings (SSSR count). The summed E-state index contributed by atoms with van der Waals surface area (Å²) in [6.45, 7) is 3.33. The highest BCUT2D eigenvalue weighted by molar-refractivity contribution is 7.90. The monoisotopic (exact) mass is 290 g/mol. The molecule has 1 aliphatic heterocycles. The third kappa shape index (κ3) is 2.06. The van der Waals surface area contributed by atoms with Crippen LogP contribution >= 0.6 is 0 Å². The molecule has 3 heterocycles. The molecule has 0 saturated carbocycles. The fourth-order valence-corrected chi connectivity index (χ4v) is 2.95. The Morgan fingerprint density at radius 2 is 2.35 bits per heavy atom. The van der Waals surface area contributed by atoms with Crippen molar-refractivity contribution in [3.8, 4) is 6.07 Å². The van der Waals surface area contributed by atoms with Gasteiger partial charge in [-0.1, -0.05) is 6.92 Å². The standard InChI is InChI=1S/C13H14N4O2S/c1-8-6-19-7-11(8)17-10(4-14)3-9-5-15-13(20(2)18)16-12(9)17/h3,5,8,11H,6-7H2,1-2H3. The van der Waals surface area contributed by atoms with E-state index in [2.05, 4.69) is 23.0 Å². The van der Waals surface area contributed by atoms with Gasteiger partial charge in [-0.3, -0.25) is 0 Å². The number of ether oxygens (including phenoxy) is 1. The summed E-state index contributed by atoms with van der Waals surface area (Å²) in [7, 11) is 0. The summed E-state index contributed by atoms with van der Waals surface area (Å²) in [5, 5.41) is 10.4. The minimum atomic E-state index is -1.25. The Kier molecular flexibility index (Phi) is 3.38. The maximum absolute atomic E-state index is 11.5. The normalized spacial score (nSPS) is 23.9. The van der Waals surface area contributed by atoms with Crippen molar-refractivity contribution in [3.63, 3.8) is 0 Å². The van der Waals surface area contributed by atoms with Crippen molar-refractivity contribution in [1.29, 1.82) is 5.26 Å². The number of fused-ring (bicyclic) bond motifs is 1. The number of nitrogens with zero attached hydrogens (tertiary/aromatic N) is 4. The Balaban J connectivity index is 2.21. The van der Waals surface area contributed by atoms with Crippen LogP contribution in [0.5, 0.6) is 0 Å². The molecule has 2 aromatic heterocycles. The molecule has 1 fully saturated rings. The molecule has 0 bridgehead atoms. The Labute approximate surface area is 119 Å². The second-order valence-corrected chi connectivity index (χ2v) is 6.25. The van der Waals surface area contributed by atoms with E-state index in [1.807, 2.05) is 4.57 Å². The van der Waals surface area contributed by atoms with E-state index in [9.17, 15) is 9.81 Å². The molecule has 1 aliphatic rings. The van der Waals surface area contributed by atoms with Gasteiger partial charge in [-0.25, -0.2) is 0 Å². The molecule has 0 N–H and O–H groups in total. The van der Waals surface area contributed by atoms with E-state index < -0.39 is 11.2 Å². The molecule has 0 aliphatic carbocycles. The Bertz CT molecular complexity index is 691. The largest absolute Gasteiger partial charge is 0.609 e. The fraction of sp³-hybridized carbons (Fsp3) is 0.462. The van der Waals surface area contributed by atoms with E-state index in [0.29, 0.717) is 30.5 Å². The first-order chi connectivity index (χ1) is 9.61. The van der Waals surface area contributed by atoms with E-state index >= 15 is 0 Å². The van der Waals surface area contributed by atoms with Crippen LogP contribution in [-0.4, -0.2) is 38.6 Å². The quantitative estimate of drug-likeness (QED) is 0.613. The third-order valence-electron chi connectivity index (χ3n) is 3.58. The number of hydrogen-bond acceptors (Lipinski definition) is 5. The second-order valence-electron chi connectivity index (χ2n) is 4.98. The van der Waals surface area contributed by atoms with Gasteiger partial charge >= 0.3 is 5.16 Å². The van der Waals surface area contributed by atoms with Crippen molar-refractivity contribution in [2.75, 3.05) is 19.5 Å². The molecule has 2 aromatic rings. The lowest BCUT2D eigenvalue weighted by Crippen LogP contribution is -2.17. The summed E-state index contributed by atoms with van der Waals surface area (Å²) in [6.07, 6.45) is 3.16. The third-order valence-corrected chi connectivity index (χ3v) is 4.29. The number of nitriles is 1. The highest BCUT2D eigenvalue weighted by Gasteiger charge is 2.30. The highest BCUT2D eigenvalue weighted by Crippen LogP contribution is 2.31. The van der Waals surface area contributed by atoms with Crippen molar-refractivity contribution < 1.29 is 9.29 Å². The zero-order chi connectivity index (χ0) is 14.3. The Hall–Kier alpha value is -1.62. The summed E-state index contributed by atoms with van der Waals surface area (Å²) < 4.78 is 18.9. The van der Waals surface area contributed by atoms with Crippen molar-refractivity contribution in [2.45, 2.75) is 18.1 Å². The van der Waals surface area contributed by atoms with Gasteiger partial charge in [-0.15, -0.1) is 0 Å². The van der Waals surface area contributed by atoms with Crippen LogP contribution in [0.25, 0.3) is 11.0 Å². The summed E-state index contributed by atoms with van der Waals surface area (Å²) in [5.41, 5.74) is 1.19. The molecule has 1 saturated heterocycles. The van der Waals surface area contributed by atoms with Crippen molar-refractivity contribution in [1.82, 2.24) is 14.5 Å². The van der Waals surface area contributed by atoms with E-state index in [4.69, 9.17) is 4.74 Å². The van der Waals surface area contributed by atoms with E-state index in [1.165, 1.54) is 0 Å². The van der Waals surface area contributed by atoms with Gasteiger partial charge in [0, 0.05) is 28.7 Å². The van der Waals surface area contributed by atoms with Gasteiger partial charge in [0.15, 0.2) is 0 Å². The van der Waals surface area contributed by atoms with E-state index in [-0.39, 0.29) is 11.2 Å². The van der Waals surface area contributed by atoms with Crippen molar-refractivity contribution in [3.05, 3.63) is 18.0 Å². The maximum Gasteiger partial charge on any atom is 0.344 e. The molecule has 20 heavy (non-hydrogen) atoms. The molecule has 3 atom stereocenters. The van der Waals surface area contributed by atoms with Crippen LogP contribution < -0.4 is 0 Å². The zero-order valence-corrected chi connectivity index (χ0v) is 12.1. The van der Waals surface area contributed by atoms with Gasteiger partial charge in [0.1, 0.15) is 23.7 Å². The van der Waals surface area contributed by atoms with Crippen LogP contribution in [0.1, 0.15) is 18.7 Å². The first kappa shape index (κ1) is 13.4. The molecule has 0 amide bonds. The van der Waals surface area contributed by atoms with Crippen LogP contribution in [0, 0.1) is 17.2 Å². The van der Waals surface area contributed by atoms with Crippen LogP contribution in [0.15, 0.2) is 17.4 Å². The average Bonchev–Trinajstić information content (AvgIpc) is 3.00. The van der Waals surface area contributed by atoms with Crippen LogP contribution in [0.2, 0.25) is 0 Å². The van der Waals surface area contributed by atoms with Gasteiger partial charge in [0.2, 0.25) is 0 Å². The lowest BCUT2D eigenvalue weighted by atomic mass is 10.1. The van der Waals surface area contributed by atoms with Gasteiger partial charge in [0.25, 0.3) is 0 Å². The molecular weight excluding hydrogens is 276 g/mol. The number of hydrogen-bond donors (Lipinski definition) is 0. The minimum absolute atomic E-state index is 0.0789. The first-order valence-electron chi connectivity index (χ1n) is 6.31. The summed E-state index contributed by atoms with van der Waals surface area (Å²) in [6, 6.07) is 4.04. The number of rotatable bonds is 2. The maximum atomic E-state index is 11.5. The zero-order valence-electron chi connectivity index (χ0n) is 11.2. The predicted molar refractivity (Wildman–Crippen MR) is 73.6 cm³/mol. The molecule has 0 aromatic carbocycles. The van der Waals surface area contributed by atoms with E-state index in [0.717, 1.165) is 5.39 Å². The molecule has 6 nitrogen and oxygen atoms in total. The van der Waals surface area contributed by atoms with Gasteiger partial charge in [-0.2, -0.15) is 15.2 Å². The molecule has 104 valence electrons. The molecule has 0 radical (unpaired) electrons. The second kappa shape index (κ2) is 5.05. The van der Waals surface area contributed by atoms with Crippen LogP contribution in [0.3, 0.4) is 0 Å². The van der Waals surface area contributed by atoms with Crippen LogP contribution in [-0.2, 0) is 15.9 Å². The van der Waals surface area contributed by atoms with Crippen LogP contribution in [0.4, 0.5) is 0 Å². The summed E-state index contributed by atoms with van der Waals surface area (Å²) >= 11 is -1.25. The SMILES string of the molecule is CC1COCC1n1c(C#N)cc2cnc([S+](C)[O-])nc21. The smallest absolute Gasteiger partial charge is 0.344 e. The van der Waals surface area contributed by atoms with Crippen molar-refractivity contribution in [2.24, 2.45) is 5.92 Å². The molecule has 3 unspecified atom stereocenters. The minimum Gasteiger partial charge on any atom is -0.609 e. The average molecular weight is 290 g/mol. The first-order valence-corrected chi connectivity index (χ1v) is 7.87. The highest BCUT2D eigenvalue weighted by atomic mass is 32.2. The number of aromatic nitrogens is 3. The fourth-order valence-electron chi connectivity index (χ4n) is 2.53. The Morgan fingerprint density at radius 3 is 2.95 bits per heavy atom. The Morgan fingerprint density at radius 1 is 1.55 bits per heavy atom. The van der Waals surface area contributed by atoms with Crippen molar-refractivity contribution >= 4 is 22.2 Å². The lowest BCUT2D eigenvalue weighted by molar-refractivity contribution is 0.182.